The first-order valence-electron chi connectivity index (χ1n) is 9.70. The van der Waals surface area contributed by atoms with Crippen molar-refractivity contribution in [1.82, 2.24) is 0 Å². The Balaban J connectivity index is 2.01. The van der Waals surface area contributed by atoms with Crippen LogP contribution < -0.4 is 20.1 Å². The first-order valence-corrected chi connectivity index (χ1v) is 10.6. The highest BCUT2D eigenvalue weighted by molar-refractivity contribution is 8.00. The lowest BCUT2D eigenvalue weighted by atomic mass is 9.92. The van der Waals surface area contributed by atoms with Gasteiger partial charge in [-0.15, -0.1) is 11.8 Å². The fourth-order valence-electron chi connectivity index (χ4n) is 2.72. The molecule has 2 rings (SSSR count). The molecule has 0 saturated carbocycles. The molecule has 2 aromatic carbocycles. The summed E-state index contributed by atoms with van der Waals surface area (Å²) in [6.45, 7) is 7.91. The molecule has 0 aliphatic rings. The number of carbonyl (C=O) groups excluding carboxylic acids is 2. The smallest absolute Gasteiger partial charge is 0.237 e. The number of rotatable bonds is 8. The van der Waals surface area contributed by atoms with Gasteiger partial charge < -0.3 is 20.1 Å². The van der Waals surface area contributed by atoms with Crippen molar-refractivity contribution in [2.24, 2.45) is 5.41 Å². The van der Waals surface area contributed by atoms with Crippen molar-refractivity contribution in [3.8, 4) is 11.5 Å². The standard InChI is InChI=1S/C23H30N2O4S/c1-15(22(27)25-17-10-18(28-5)13-19(11-17)29-6)30-20-9-7-8-16(12-20)24-21(26)14-23(2,3)4/h7-13,15H,14H2,1-6H3,(H,24,26)(H,25,27). The van der Waals surface area contributed by atoms with Crippen LogP contribution in [0.5, 0.6) is 11.5 Å². The lowest BCUT2D eigenvalue weighted by Gasteiger charge is -2.17. The molecule has 1 atom stereocenters. The van der Waals surface area contributed by atoms with Gasteiger partial charge in [-0.25, -0.2) is 0 Å². The summed E-state index contributed by atoms with van der Waals surface area (Å²) < 4.78 is 10.5. The quantitative estimate of drug-likeness (QED) is 0.563. The summed E-state index contributed by atoms with van der Waals surface area (Å²) in [5.41, 5.74) is 1.25. The average Bonchev–Trinajstić information content (AvgIpc) is 2.66. The van der Waals surface area contributed by atoms with Crippen LogP contribution in [0.15, 0.2) is 47.4 Å². The molecule has 0 fully saturated rings. The minimum atomic E-state index is -0.345. The van der Waals surface area contributed by atoms with E-state index in [0.29, 0.717) is 23.6 Å². The third-order valence-electron chi connectivity index (χ3n) is 4.11. The number of amides is 2. The van der Waals surface area contributed by atoms with Crippen molar-refractivity contribution in [3.05, 3.63) is 42.5 Å². The Bertz CT molecular complexity index is 871. The van der Waals surface area contributed by atoms with Gasteiger partial charge in [0, 0.05) is 40.9 Å². The van der Waals surface area contributed by atoms with Gasteiger partial charge in [-0.1, -0.05) is 26.8 Å². The van der Waals surface area contributed by atoms with Gasteiger partial charge in [-0.3, -0.25) is 9.59 Å². The SMILES string of the molecule is COc1cc(NC(=O)C(C)Sc2cccc(NC(=O)CC(C)(C)C)c2)cc(OC)c1. The van der Waals surface area contributed by atoms with Gasteiger partial charge in [0.1, 0.15) is 11.5 Å². The van der Waals surface area contributed by atoms with Crippen molar-refractivity contribution in [1.29, 1.82) is 0 Å². The molecule has 0 aliphatic carbocycles. The van der Waals surface area contributed by atoms with Crippen LogP contribution in [0.4, 0.5) is 11.4 Å². The Hall–Kier alpha value is -2.67. The molecule has 0 spiro atoms. The Labute approximate surface area is 182 Å². The van der Waals surface area contributed by atoms with E-state index in [1.165, 1.54) is 11.8 Å². The lowest BCUT2D eigenvalue weighted by Crippen LogP contribution is -2.22. The first-order chi connectivity index (χ1) is 14.1. The number of thioether (sulfide) groups is 1. The van der Waals surface area contributed by atoms with Crippen molar-refractivity contribution in [2.75, 3.05) is 24.9 Å². The normalized spacial score (nSPS) is 12.1. The molecular weight excluding hydrogens is 400 g/mol. The van der Waals surface area contributed by atoms with E-state index >= 15 is 0 Å². The first kappa shape index (κ1) is 23.6. The van der Waals surface area contributed by atoms with E-state index < -0.39 is 0 Å². The van der Waals surface area contributed by atoms with E-state index in [1.807, 2.05) is 52.0 Å². The summed E-state index contributed by atoms with van der Waals surface area (Å²) in [7, 11) is 3.12. The predicted molar refractivity (Wildman–Crippen MR) is 123 cm³/mol. The summed E-state index contributed by atoms with van der Waals surface area (Å²) >= 11 is 1.42. The second-order valence-corrected chi connectivity index (χ2v) is 9.58. The number of anilines is 2. The van der Waals surface area contributed by atoms with Gasteiger partial charge in [-0.05, 0) is 30.5 Å². The average molecular weight is 431 g/mol. The largest absolute Gasteiger partial charge is 0.497 e. The predicted octanol–water partition coefficient (Wildman–Crippen LogP) is 5.20. The van der Waals surface area contributed by atoms with Gasteiger partial charge in [0.2, 0.25) is 11.8 Å². The van der Waals surface area contributed by atoms with Gasteiger partial charge in [0.05, 0.1) is 19.5 Å². The highest BCUT2D eigenvalue weighted by Gasteiger charge is 2.18. The molecule has 0 bridgehead atoms. The monoisotopic (exact) mass is 430 g/mol. The molecule has 2 aromatic rings. The summed E-state index contributed by atoms with van der Waals surface area (Å²) in [5.74, 6) is 1.03. The summed E-state index contributed by atoms with van der Waals surface area (Å²) in [6.07, 6.45) is 0.438. The second-order valence-electron chi connectivity index (χ2n) is 8.16. The van der Waals surface area contributed by atoms with Gasteiger partial charge in [0.15, 0.2) is 0 Å². The Morgan fingerprint density at radius 2 is 1.60 bits per heavy atom. The van der Waals surface area contributed by atoms with Crippen LogP contribution in [0.3, 0.4) is 0 Å². The number of methoxy groups -OCH3 is 2. The summed E-state index contributed by atoms with van der Waals surface area (Å²) in [4.78, 5) is 25.7. The maximum absolute atomic E-state index is 12.7. The highest BCUT2D eigenvalue weighted by Crippen LogP contribution is 2.29. The molecule has 0 aromatic heterocycles. The number of ether oxygens (including phenoxy) is 2. The fourth-order valence-corrected chi connectivity index (χ4v) is 3.64. The lowest BCUT2D eigenvalue weighted by molar-refractivity contribution is -0.118. The van der Waals surface area contributed by atoms with E-state index in [0.717, 1.165) is 10.6 Å². The molecular formula is C23H30N2O4S. The molecule has 2 amide bonds. The molecule has 0 saturated heterocycles. The van der Waals surface area contributed by atoms with Crippen molar-refractivity contribution < 1.29 is 19.1 Å². The van der Waals surface area contributed by atoms with Crippen LogP contribution in [0.25, 0.3) is 0 Å². The molecule has 0 heterocycles. The third-order valence-corrected chi connectivity index (χ3v) is 5.20. The van der Waals surface area contributed by atoms with Crippen molar-refractivity contribution >= 4 is 35.0 Å². The van der Waals surface area contributed by atoms with Crippen molar-refractivity contribution in [3.63, 3.8) is 0 Å². The summed E-state index contributed by atoms with van der Waals surface area (Å²) in [6, 6.07) is 12.7. The molecule has 30 heavy (non-hydrogen) atoms. The molecule has 0 aliphatic heterocycles. The zero-order valence-corrected chi connectivity index (χ0v) is 19.2. The number of carbonyl (C=O) groups is 2. The van der Waals surface area contributed by atoms with Gasteiger partial charge in [0.25, 0.3) is 0 Å². The minimum Gasteiger partial charge on any atom is -0.497 e. The summed E-state index contributed by atoms with van der Waals surface area (Å²) in [5, 5.41) is 5.48. The molecule has 2 N–H and O–H groups in total. The topological polar surface area (TPSA) is 76.7 Å². The maximum Gasteiger partial charge on any atom is 0.237 e. The van der Waals surface area contributed by atoms with E-state index in [9.17, 15) is 9.59 Å². The zero-order chi connectivity index (χ0) is 22.3. The molecule has 6 nitrogen and oxygen atoms in total. The minimum absolute atomic E-state index is 0.0255. The van der Waals surface area contributed by atoms with E-state index in [2.05, 4.69) is 10.6 Å². The van der Waals surface area contributed by atoms with E-state index in [1.54, 1.807) is 32.4 Å². The molecule has 0 radical (unpaired) electrons. The second kappa shape index (κ2) is 10.4. The Morgan fingerprint density at radius 3 is 2.17 bits per heavy atom. The highest BCUT2D eigenvalue weighted by atomic mass is 32.2. The molecule has 7 heteroatoms. The zero-order valence-electron chi connectivity index (χ0n) is 18.4. The Kier molecular flexibility index (Phi) is 8.17. The third kappa shape index (κ3) is 7.63. The van der Waals surface area contributed by atoms with Crippen LogP contribution >= 0.6 is 11.8 Å². The number of hydrogen-bond acceptors (Lipinski definition) is 5. The Morgan fingerprint density at radius 1 is 0.967 bits per heavy atom. The van der Waals surface area contributed by atoms with Crippen LogP contribution in [0, 0.1) is 5.41 Å². The van der Waals surface area contributed by atoms with Crippen LogP contribution in [0.2, 0.25) is 0 Å². The van der Waals surface area contributed by atoms with E-state index in [4.69, 9.17) is 9.47 Å². The number of benzene rings is 2. The van der Waals surface area contributed by atoms with Gasteiger partial charge in [-0.2, -0.15) is 0 Å². The maximum atomic E-state index is 12.7. The van der Waals surface area contributed by atoms with Gasteiger partial charge >= 0.3 is 0 Å². The van der Waals surface area contributed by atoms with E-state index in [-0.39, 0.29) is 22.5 Å². The van der Waals surface area contributed by atoms with Crippen LogP contribution in [0.1, 0.15) is 34.1 Å². The number of nitrogens with one attached hydrogen (secondary N) is 2. The van der Waals surface area contributed by atoms with Crippen molar-refractivity contribution in [2.45, 2.75) is 44.3 Å². The molecule has 162 valence electrons. The van der Waals surface area contributed by atoms with Crippen LogP contribution in [-0.4, -0.2) is 31.3 Å². The fraction of sp³-hybridized carbons (Fsp3) is 0.391. The van der Waals surface area contributed by atoms with Crippen LogP contribution in [-0.2, 0) is 9.59 Å². The molecule has 1 unspecified atom stereocenters. The number of hydrogen-bond donors (Lipinski definition) is 2.